The predicted octanol–water partition coefficient (Wildman–Crippen LogP) is 4.40. The van der Waals surface area contributed by atoms with Gasteiger partial charge in [-0.05, 0) is 24.2 Å². The summed E-state index contributed by atoms with van der Waals surface area (Å²) in [5.74, 6) is -0.163. The van der Waals surface area contributed by atoms with E-state index in [1.807, 2.05) is 13.8 Å². The molecule has 2 unspecified atom stereocenters. The van der Waals surface area contributed by atoms with E-state index in [1.54, 1.807) is 7.11 Å². The third-order valence-corrected chi connectivity index (χ3v) is 3.82. The molecule has 3 nitrogen and oxygen atoms in total. The molecule has 2 atom stereocenters. The van der Waals surface area contributed by atoms with Crippen LogP contribution in [0.15, 0.2) is 0 Å². The first-order valence-electron chi connectivity index (χ1n) is 7.11. The third-order valence-electron chi connectivity index (χ3n) is 3.82. The van der Waals surface area contributed by atoms with Crippen molar-refractivity contribution in [1.29, 1.82) is 0 Å². The molecule has 3 heteroatoms. The summed E-state index contributed by atoms with van der Waals surface area (Å²) in [4.78, 5) is 12.6. The minimum atomic E-state index is -0.531. The highest BCUT2D eigenvalue weighted by atomic mass is 16.7. The Bertz CT molecular complexity index is 292. The summed E-state index contributed by atoms with van der Waals surface area (Å²) in [5.41, 5.74) is -0.629. The minimum absolute atomic E-state index is 0.0653. The van der Waals surface area contributed by atoms with Crippen LogP contribution in [-0.2, 0) is 14.3 Å². The minimum Gasteiger partial charge on any atom is -0.435 e. The highest BCUT2D eigenvalue weighted by Gasteiger charge is 2.48. The summed E-state index contributed by atoms with van der Waals surface area (Å²) in [6.07, 6.45) is 0.995. The highest BCUT2D eigenvalue weighted by Crippen LogP contribution is 2.47. The van der Waals surface area contributed by atoms with Gasteiger partial charge in [-0.1, -0.05) is 48.5 Å². The molecule has 0 aromatic carbocycles. The van der Waals surface area contributed by atoms with Crippen molar-refractivity contribution < 1.29 is 14.3 Å². The molecule has 0 rings (SSSR count). The smallest absolute Gasteiger partial charge is 0.314 e. The van der Waals surface area contributed by atoms with E-state index in [2.05, 4.69) is 41.5 Å². The number of hydrogen-bond acceptors (Lipinski definition) is 3. The maximum absolute atomic E-state index is 12.6. The summed E-state index contributed by atoms with van der Waals surface area (Å²) in [5, 5.41) is 0. The molecule has 0 amide bonds. The van der Waals surface area contributed by atoms with Gasteiger partial charge < -0.3 is 9.47 Å². The third kappa shape index (κ3) is 5.13. The molecule has 0 N–H and O–H groups in total. The molecule has 0 bridgehead atoms. The normalized spacial score (nSPS) is 17.7. The molecule has 0 radical (unpaired) electrons. The van der Waals surface area contributed by atoms with Crippen molar-refractivity contribution in [2.24, 2.45) is 16.2 Å². The van der Waals surface area contributed by atoms with E-state index in [-0.39, 0.29) is 16.8 Å². The largest absolute Gasteiger partial charge is 0.435 e. The van der Waals surface area contributed by atoms with Crippen molar-refractivity contribution in [2.45, 2.75) is 74.5 Å². The molecule has 0 saturated carbocycles. The van der Waals surface area contributed by atoms with Crippen LogP contribution in [0.2, 0.25) is 0 Å². The quantitative estimate of drug-likeness (QED) is 0.549. The van der Waals surface area contributed by atoms with E-state index in [9.17, 15) is 4.79 Å². The van der Waals surface area contributed by atoms with Gasteiger partial charge in [0.1, 0.15) is 0 Å². The first kappa shape index (κ1) is 18.4. The van der Waals surface area contributed by atoms with Crippen LogP contribution < -0.4 is 0 Å². The second-order valence-electron chi connectivity index (χ2n) is 7.80. The van der Waals surface area contributed by atoms with Crippen LogP contribution >= 0.6 is 0 Å². The lowest BCUT2D eigenvalue weighted by atomic mass is 9.61. The Labute approximate surface area is 119 Å². The van der Waals surface area contributed by atoms with Crippen molar-refractivity contribution in [2.75, 3.05) is 7.11 Å². The Hall–Kier alpha value is -0.570. The second-order valence-corrected chi connectivity index (χ2v) is 7.80. The van der Waals surface area contributed by atoms with Crippen molar-refractivity contribution >= 4 is 5.97 Å². The molecule has 0 aliphatic carbocycles. The van der Waals surface area contributed by atoms with Crippen LogP contribution in [0.25, 0.3) is 0 Å². The molecule has 114 valence electrons. The van der Waals surface area contributed by atoms with Crippen LogP contribution in [0, 0.1) is 16.2 Å². The molecular formula is C16H32O3. The van der Waals surface area contributed by atoms with Gasteiger partial charge in [-0.15, -0.1) is 0 Å². The number of methoxy groups -OCH3 is 1. The lowest BCUT2D eigenvalue weighted by Crippen LogP contribution is -2.45. The van der Waals surface area contributed by atoms with Crippen LogP contribution in [0.4, 0.5) is 0 Å². The van der Waals surface area contributed by atoms with E-state index >= 15 is 0 Å². The molecule has 0 aromatic heterocycles. The maximum Gasteiger partial charge on any atom is 0.314 e. The van der Waals surface area contributed by atoms with Crippen LogP contribution in [-0.4, -0.2) is 19.4 Å². The number of carbonyl (C=O) groups excluding carboxylic acids is 1. The molecule has 0 spiro atoms. The van der Waals surface area contributed by atoms with E-state index in [0.717, 1.165) is 6.42 Å². The Morgan fingerprint density at radius 3 is 1.79 bits per heavy atom. The Morgan fingerprint density at radius 1 is 1.05 bits per heavy atom. The Morgan fingerprint density at radius 2 is 1.53 bits per heavy atom. The fourth-order valence-corrected chi connectivity index (χ4v) is 2.25. The van der Waals surface area contributed by atoms with Gasteiger partial charge in [0.25, 0.3) is 0 Å². The predicted molar refractivity (Wildman–Crippen MR) is 78.8 cm³/mol. The SMILES string of the molecule is CCC(OC)OC(=O)C(C)(CC(C)(C)C)C(C)(C)C. The second kappa shape index (κ2) is 6.25. The number of esters is 1. The fraction of sp³-hybridized carbons (Fsp3) is 0.938. The maximum atomic E-state index is 12.6. The van der Waals surface area contributed by atoms with Crippen molar-refractivity contribution in [3.05, 3.63) is 0 Å². The van der Waals surface area contributed by atoms with Gasteiger partial charge in [-0.3, -0.25) is 4.79 Å². The zero-order valence-corrected chi connectivity index (χ0v) is 14.2. The van der Waals surface area contributed by atoms with Gasteiger partial charge in [0, 0.05) is 13.5 Å². The van der Waals surface area contributed by atoms with E-state index < -0.39 is 11.7 Å². The van der Waals surface area contributed by atoms with Crippen LogP contribution in [0.5, 0.6) is 0 Å². The number of rotatable bonds is 5. The first-order chi connectivity index (χ1) is 8.37. The monoisotopic (exact) mass is 272 g/mol. The van der Waals surface area contributed by atoms with Crippen molar-refractivity contribution in [3.63, 3.8) is 0 Å². The Balaban J connectivity index is 5.21. The molecule has 0 aromatic rings. The lowest BCUT2D eigenvalue weighted by Gasteiger charge is -2.43. The Kier molecular flexibility index (Phi) is 6.07. The first-order valence-corrected chi connectivity index (χ1v) is 7.11. The zero-order valence-electron chi connectivity index (χ0n) is 14.2. The zero-order chi connectivity index (χ0) is 15.5. The van der Waals surface area contributed by atoms with Crippen molar-refractivity contribution in [3.8, 4) is 0 Å². The molecule has 0 saturated heterocycles. The summed E-state index contributed by atoms with van der Waals surface area (Å²) in [7, 11) is 1.57. The topological polar surface area (TPSA) is 35.5 Å². The summed E-state index contributed by atoms with van der Waals surface area (Å²) in [6, 6.07) is 0. The molecule has 0 aliphatic heterocycles. The van der Waals surface area contributed by atoms with Crippen LogP contribution in [0.3, 0.4) is 0 Å². The molecule has 19 heavy (non-hydrogen) atoms. The van der Waals surface area contributed by atoms with Gasteiger partial charge in [-0.25, -0.2) is 0 Å². The molecule has 0 heterocycles. The number of ether oxygens (including phenoxy) is 2. The lowest BCUT2D eigenvalue weighted by molar-refractivity contribution is -0.193. The molecule has 0 aliphatic rings. The van der Waals surface area contributed by atoms with Gasteiger partial charge in [-0.2, -0.15) is 0 Å². The number of carbonyl (C=O) groups is 1. The molecule has 0 fully saturated rings. The summed E-state index contributed by atoms with van der Waals surface area (Å²) < 4.78 is 10.7. The van der Waals surface area contributed by atoms with E-state index in [4.69, 9.17) is 9.47 Å². The van der Waals surface area contributed by atoms with E-state index in [0.29, 0.717) is 6.42 Å². The van der Waals surface area contributed by atoms with Gasteiger partial charge in [0.05, 0.1) is 5.41 Å². The summed E-state index contributed by atoms with van der Waals surface area (Å²) >= 11 is 0. The van der Waals surface area contributed by atoms with Crippen LogP contribution in [0.1, 0.15) is 68.2 Å². The standard InChI is InChI=1S/C16H32O3/c1-10-12(18-9)19-13(17)16(8,15(5,6)7)11-14(2,3)4/h12H,10-11H2,1-9H3. The van der Waals surface area contributed by atoms with Crippen molar-refractivity contribution in [1.82, 2.24) is 0 Å². The highest BCUT2D eigenvalue weighted by molar-refractivity contribution is 5.77. The van der Waals surface area contributed by atoms with Gasteiger partial charge >= 0.3 is 5.97 Å². The summed E-state index contributed by atoms with van der Waals surface area (Å²) in [6.45, 7) is 16.7. The average molecular weight is 272 g/mol. The van der Waals surface area contributed by atoms with Gasteiger partial charge in [0.2, 0.25) is 6.29 Å². The average Bonchev–Trinajstić information content (AvgIpc) is 2.21. The van der Waals surface area contributed by atoms with Gasteiger partial charge in [0.15, 0.2) is 0 Å². The van der Waals surface area contributed by atoms with E-state index in [1.165, 1.54) is 0 Å². The number of hydrogen-bond donors (Lipinski definition) is 0. The fourth-order valence-electron chi connectivity index (χ4n) is 2.25. The molecular weight excluding hydrogens is 240 g/mol.